The van der Waals surface area contributed by atoms with Crippen LogP contribution in [0.2, 0.25) is 0 Å². The highest BCUT2D eigenvalue weighted by molar-refractivity contribution is 5.84. The first-order valence-corrected chi connectivity index (χ1v) is 4.43. The highest BCUT2D eigenvalue weighted by Gasteiger charge is 2.37. The average molecular weight is 216 g/mol. The molecule has 0 radical (unpaired) electrons. The van der Waals surface area contributed by atoms with E-state index in [2.05, 4.69) is 10.1 Å². The van der Waals surface area contributed by atoms with Crippen molar-refractivity contribution in [1.29, 1.82) is 0 Å². The fourth-order valence-electron chi connectivity index (χ4n) is 1.30. The molecule has 0 unspecified atom stereocenters. The Balaban J connectivity index is 2.53. The summed E-state index contributed by atoms with van der Waals surface area (Å²) in [5.41, 5.74) is 0. The summed E-state index contributed by atoms with van der Waals surface area (Å²) in [4.78, 5) is 33.6. The van der Waals surface area contributed by atoms with Gasteiger partial charge in [0, 0.05) is 13.5 Å². The van der Waals surface area contributed by atoms with E-state index in [9.17, 15) is 14.4 Å². The number of cyclic esters (lactones) is 1. The summed E-state index contributed by atoms with van der Waals surface area (Å²) in [6, 6.07) is -0.861. The molecular weight excluding hydrogens is 204 g/mol. The molecule has 2 amide bonds. The molecule has 7 heteroatoms. The fraction of sp³-hybridized carbons (Fsp3) is 0.625. The van der Waals surface area contributed by atoms with Gasteiger partial charge in [0.2, 0.25) is 5.91 Å². The molecule has 1 rings (SSSR count). The van der Waals surface area contributed by atoms with Crippen LogP contribution in [-0.4, -0.2) is 47.8 Å². The van der Waals surface area contributed by atoms with Crippen LogP contribution in [0.4, 0.5) is 4.79 Å². The van der Waals surface area contributed by atoms with Gasteiger partial charge in [-0.1, -0.05) is 0 Å². The standard InChI is InChI=1S/C8H12N2O5/c1-9-6(11)3-2-5-7(12)15-4-10(5)8(13)14/h5H,2-4H2,1H3,(H,9,11)(H,13,14)/t5-/m0/s1. The van der Waals surface area contributed by atoms with Gasteiger partial charge < -0.3 is 15.2 Å². The summed E-state index contributed by atoms with van der Waals surface area (Å²) in [5.74, 6) is -0.832. The van der Waals surface area contributed by atoms with Gasteiger partial charge >= 0.3 is 12.1 Å². The molecule has 2 N–H and O–H groups in total. The number of carboxylic acid groups (broad SMARTS) is 1. The molecule has 1 atom stereocenters. The first-order valence-electron chi connectivity index (χ1n) is 4.43. The van der Waals surface area contributed by atoms with Crippen molar-refractivity contribution in [2.75, 3.05) is 13.8 Å². The first kappa shape index (κ1) is 11.3. The maximum Gasteiger partial charge on any atom is 0.410 e. The molecule has 0 saturated carbocycles. The van der Waals surface area contributed by atoms with E-state index in [4.69, 9.17) is 5.11 Å². The maximum atomic E-state index is 11.1. The predicted molar refractivity (Wildman–Crippen MR) is 47.9 cm³/mol. The van der Waals surface area contributed by atoms with Crippen LogP contribution in [0, 0.1) is 0 Å². The minimum Gasteiger partial charge on any atom is -0.465 e. The quantitative estimate of drug-likeness (QED) is 0.612. The zero-order chi connectivity index (χ0) is 11.4. The Hall–Kier alpha value is -1.79. The Bertz CT molecular complexity index is 291. The molecule has 1 saturated heterocycles. The summed E-state index contributed by atoms with van der Waals surface area (Å²) in [6.07, 6.45) is -0.979. The van der Waals surface area contributed by atoms with Crippen molar-refractivity contribution in [2.45, 2.75) is 18.9 Å². The van der Waals surface area contributed by atoms with E-state index in [1.54, 1.807) is 0 Å². The van der Waals surface area contributed by atoms with Crippen molar-refractivity contribution >= 4 is 18.0 Å². The van der Waals surface area contributed by atoms with Gasteiger partial charge in [-0.3, -0.25) is 9.69 Å². The molecule has 84 valence electrons. The van der Waals surface area contributed by atoms with Crippen molar-refractivity contribution in [3.8, 4) is 0 Å². The number of esters is 1. The Morgan fingerprint density at radius 1 is 1.67 bits per heavy atom. The van der Waals surface area contributed by atoms with Crippen LogP contribution in [-0.2, 0) is 14.3 Å². The maximum absolute atomic E-state index is 11.1. The smallest absolute Gasteiger partial charge is 0.410 e. The number of carbonyl (C=O) groups excluding carboxylic acids is 2. The lowest BCUT2D eigenvalue weighted by atomic mass is 10.1. The van der Waals surface area contributed by atoms with Crippen molar-refractivity contribution in [2.24, 2.45) is 0 Å². The summed E-state index contributed by atoms with van der Waals surface area (Å²) >= 11 is 0. The van der Waals surface area contributed by atoms with Crippen molar-refractivity contribution in [3.05, 3.63) is 0 Å². The van der Waals surface area contributed by atoms with Gasteiger partial charge in [-0.05, 0) is 6.42 Å². The van der Waals surface area contributed by atoms with Crippen molar-refractivity contribution in [1.82, 2.24) is 10.2 Å². The summed E-state index contributed by atoms with van der Waals surface area (Å²) in [7, 11) is 1.48. The van der Waals surface area contributed by atoms with Gasteiger partial charge in [-0.2, -0.15) is 0 Å². The van der Waals surface area contributed by atoms with Crippen molar-refractivity contribution < 1.29 is 24.2 Å². The third-order valence-corrected chi connectivity index (χ3v) is 2.16. The number of nitrogens with zero attached hydrogens (tertiary/aromatic N) is 1. The third kappa shape index (κ3) is 2.58. The van der Waals surface area contributed by atoms with Crippen molar-refractivity contribution in [3.63, 3.8) is 0 Å². The van der Waals surface area contributed by atoms with E-state index in [1.165, 1.54) is 7.05 Å². The second-order valence-corrected chi connectivity index (χ2v) is 3.07. The number of carbonyl (C=O) groups is 3. The average Bonchev–Trinajstić information content (AvgIpc) is 2.56. The monoisotopic (exact) mass is 216 g/mol. The third-order valence-electron chi connectivity index (χ3n) is 2.16. The summed E-state index contributed by atoms with van der Waals surface area (Å²) < 4.78 is 4.58. The summed E-state index contributed by atoms with van der Waals surface area (Å²) in [6.45, 7) is -0.257. The Labute approximate surface area is 86.0 Å². The van der Waals surface area contributed by atoms with Gasteiger partial charge in [-0.25, -0.2) is 9.59 Å². The van der Waals surface area contributed by atoms with E-state index in [0.29, 0.717) is 0 Å². The van der Waals surface area contributed by atoms with Crippen LogP contribution < -0.4 is 5.32 Å². The second kappa shape index (κ2) is 4.63. The number of rotatable bonds is 3. The van der Waals surface area contributed by atoms with E-state index in [-0.39, 0.29) is 25.5 Å². The van der Waals surface area contributed by atoms with Crippen LogP contribution in [0.25, 0.3) is 0 Å². The zero-order valence-electron chi connectivity index (χ0n) is 8.23. The number of ether oxygens (including phenoxy) is 1. The van der Waals surface area contributed by atoms with Gasteiger partial charge in [0.15, 0.2) is 6.73 Å². The van der Waals surface area contributed by atoms with E-state index >= 15 is 0 Å². The lowest BCUT2D eigenvalue weighted by Gasteiger charge is -2.15. The second-order valence-electron chi connectivity index (χ2n) is 3.07. The minimum absolute atomic E-state index is 0.0973. The molecule has 15 heavy (non-hydrogen) atoms. The predicted octanol–water partition coefficient (Wildman–Crippen LogP) is -0.624. The van der Waals surface area contributed by atoms with Gasteiger partial charge in [0.1, 0.15) is 6.04 Å². The van der Waals surface area contributed by atoms with Crippen LogP contribution in [0.15, 0.2) is 0 Å². The van der Waals surface area contributed by atoms with Gasteiger partial charge in [0.05, 0.1) is 0 Å². The van der Waals surface area contributed by atoms with Crippen LogP contribution in [0.1, 0.15) is 12.8 Å². The number of hydrogen-bond acceptors (Lipinski definition) is 4. The Morgan fingerprint density at radius 2 is 2.33 bits per heavy atom. The lowest BCUT2D eigenvalue weighted by molar-refractivity contribution is -0.139. The zero-order valence-corrected chi connectivity index (χ0v) is 8.23. The lowest BCUT2D eigenvalue weighted by Crippen LogP contribution is -2.38. The molecule has 0 aromatic carbocycles. The highest BCUT2D eigenvalue weighted by atomic mass is 16.6. The SMILES string of the molecule is CNC(=O)CC[C@H]1C(=O)OCN1C(=O)O. The Morgan fingerprint density at radius 3 is 2.87 bits per heavy atom. The number of nitrogens with one attached hydrogen (secondary N) is 1. The molecule has 0 aliphatic carbocycles. The minimum atomic E-state index is -1.22. The van der Waals surface area contributed by atoms with Crippen LogP contribution in [0.5, 0.6) is 0 Å². The van der Waals surface area contributed by atoms with Crippen LogP contribution in [0.3, 0.4) is 0 Å². The normalized spacial score (nSPS) is 19.9. The molecule has 0 aromatic rings. The highest BCUT2D eigenvalue weighted by Crippen LogP contribution is 2.16. The molecule has 1 fully saturated rings. The molecule has 1 aliphatic heterocycles. The first-order chi connectivity index (χ1) is 7.06. The van der Waals surface area contributed by atoms with Crippen LogP contribution >= 0.6 is 0 Å². The molecule has 0 bridgehead atoms. The van der Waals surface area contributed by atoms with Gasteiger partial charge in [0.25, 0.3) is 0 Å². The molecule has 1 aliphatic rings. The topological polar surface area (TPSA) is 95.9 Å². The van der Waals surface area contributed by atoms with Gasteiger partial charge in [-0.15, -0.1) is 0 Å². The molecular formula is C8H12N2O5. The molecule has 7 nitrogen and oxygen atoms in total. The molecule has 0 aromatic heterocycles. The van der Waals surface area contributed by atoms with E-state index < -0.39 is 18.1 Å². The fourth-order valence-corrected chi connectivity index (χ4v) is 1.30. The molecule has 1 heterocycles. The number of hydrogen-bond donors (Lipinski definition) is 2. The van der Waals surface area contributed by atoms with E-state index in [0.717, 1.165) is 4.90 Å². The largest absolute Gasteiger partial charge is 0.465 e. The molecule has 0 spiro atoms. The Kier molecular flexibility index (Phi) is 3.48. The van der Waals surface area contributed by atoms with E-state index in [1.807, 2.05) is 0 Å². The summed E-state index contributed by atoms with van der Waals surface area (Å²) in [5, 5.41) is 11.1. The number of amides is 2.